The molecule has 90 valence electrons. The highest BCUT2D eigenvalue weighted by Crippen LogP contribution is 2.20. The average molecular weight is 234 g/mol. The molecule has 0 spiro atoms. The van der Waals surface area contributed by atoms with Crippen molar-refractivity contribution in [3.8, 4) is 0 Å². The molecule has 0 saturated carbocycles. The summed E-state index contributed by atoms with van der Waals surface area (Å²) in [4.78, 5) is 24.5. The van der Waals surface area contributed by atoms with Crippen LogP contribution in [0, 0.1) is 0 Å². The summed E-state index contributed by atoms with van der Waals surface area (Å²) >= 11 is 0. The van der Waals surface area contributed by atoms with Crippen LogP contribution in [0.5, 0.6) is 0 Å². The van der Waals surface area contributed by atoms with Gasteiger partial charge in [0.05, 0.1) is 6.33 Å². The van der Waals surface area contributed by atoms with Gasteiger partial charge in [0.2, 0.25) is 0 Å². The molecule has 0 bridgehead atoms. The Morgan fingerprint density at radius 3 is 2.88 bits per heavy atom. The molecule has 0 unspecified atom stereocenters. The molecule has 0 aliphatic carbocycles. The third-order valence-electron chi connectivity index (χ3n) is 3.00. The van der Waals surface area contributed by atoms with Crippen molar-refractivity contribution in [3.05, 3.63) is 16.8 Å². The van der Waals surface area contributed by atoms with Crippen molar-refractivity contribution in [2.75, 3.05) is 31.1 Å². The van der Waals surface area contributed by atoms with Gasteiger partial charge in [-0.15, -0.1) is 0 Å². The van der Waals surface area contributed by atoms with E-state index in [2.05, 4.69) is 25.2 Å². The van der Waals surface area contributed by atoms with E-state index in [1.807, 2.05) is 11.6 Å². The summed E-state index contributed by atoms with van der Waals surface area (Å²) in [7, 11) is 1.90. The van der Waals surface area contributed by atoms with Crippen molar-refractivity contribution in [1.29, 1.82) is 0 Å². The number of aromatic amines is 1. The van der Waals surface area contributed by atoms with Gasteiger partial charge in [-0.2, -0.15) is 4.98 Å². The van der Waals surface area contributed by atoms with Crippen molar-refractivity contribution in [1.82, 2.24) is 24.8 Å². The van der Waals surface area contributed by atoms with Crippen LogP contribution in [-0.4, -0.2) is 45.7 Å². The van der Waals surface area contributed by atoms with Crippen LogP contribution in [0.15, 0.2) is 11.1 Å². The quantitative estimate of drug-likeness (QED) is 0.666. The molecule has 3 heterocycles. The number of hydrogen-bond acceptors (Lipinski definition) is 5. The number of aryl methyl sites for hydroxylation is 1. The van der Waals surface area contributed by atoms with E-state index in [4.69, 9.17) is 0 Å². The summed E-state index contributed by atoms with van der Waals surface area (Å²) in [6, 6.07) is 0. The Morgan fingerprint density at radius 1 is 1.35 bits per heavy atom. The second-order valence-corrected chi connectivity index (χ2v) is 4.16. The Labute approximate surface area is 97.5 Å². The zero-order valence-corrected chi connectivity index (χ0v) is 9.60. The number of imidazole rings is 1. The fourth-order valence-electron chi connectivity index (χ4n) is 2.16. The highest BCUT2D eigenvalue weighted by Gasteiger charge is 2.18. The molecular formula is C10H14N6O. The van der Waals surface area contributed by atoms with E-state index < -0.39 is 0 Å². The molecule has 2 aromatic rings. The predicted octanol–water partition coefficient (Wildman–Crippen LogP) is -0.934. The van der Waals surface area contributed by atoms with Gasteiger partial charge in [0.25, 0.3) is 0 Å². The lowest BCUT2D eigenvalue weighted by atomic mass is 10.3. The molecule has 0 amide bonds. The zero-order chi connectivity index (χ0) is 11.8. The third-order valence-corrected chi connectivity index (χ3v) is 3.00. The zero-order valence-electron chi connectivity index (χ0n) is 9.60. The SMILES string of the molecule is Cn1cnc2[nH]c(=O)nc(N3CCNCC3)c21. The van der Waals surface area contributed by atoms with Gasteiger partial charge in [0, 0.05) is 33.2 Å². The monoisotopic (exact) mass is 234 g/mol. The Hall–Kier alpha value is -1.89. The third kappa shape index (κ3) is 1.68. The molecule has 2 aromatic heterocycles. The normalized spacial score (nSPS) is 16.6. The summed E-state index contributed by atoms with van der Waals surface area (Å²) in [5, 5.41) is 3.28. The molecule has 7 heteroatoms. The number of aromatic nitrogens is 4. The largest absolute Gasteiger partial charge is 0.352 e. The molecule has 2 N–H and O–H groups in total. The Kier molecular flexibility index (Phi) is 2.32. The van der Waals surface area contributed by atoms with Crippen molar-refractivity contribution < 1.29 is 0 Å². The fourth-order valence-corrected chi connectivity index (χ4v) is 2.16. The molecule has 0 radical (unpaired) electrons. The van der Waals surface area contributed by atoms with Gasteiger partial charge >= 0.3 is 5.69 Å². The lowest BCUT2D eigenvalue weighted by Gasteiger charge is -2.28. The first kappa shape index (κ1) is 10.3. The molecule has 7 nitrogen and oxygen atoms in total. The maximum atomic E-state index is 11.5. The van der Waals surface area contributed by atoms with Gasteiger partial charge in [0.1, 0.15) is 5.52 Å². The van der Waals surface area contributed by atoms with Crippen molar-refractivity contribution in [2.24, 2.45) is 7.05 Å². The lowest BCUT2D eigenvalue weighted by molar-refractivity contribution is 0.584. The van der Waals surface area contributed by atoms with Gasteiger partial charge in [-0.05, 0) is 0 Å². The second-order valence-electron chi connectivity index (χ2n) is 4.16. The Balaban J connectivity index is 2.19. The highest BCUT2D eigenvalue weighted by molar-refractivity contribution is 5.83. The number of H-pyrrole nitrogens is 1. The molecule has 17 heavy (non-hydrogen) atoms. The van der Waals surface area contributed by atoms with E-state index in [0.29, 0.717) is 5.65 Å². The van der Waals surface area contributed by atoms with Crippen molar-refractivity contribution in [2.45, 2.75) is 0 Å². The predicted molar refractivity (Wildman–Crippen MR) is 64.2 cm³/mol. The van der Waals surface area contributed by atoms with Gasteiger partial charge in [0.15, 0.2) is 11.5 Å². The van der Waals surface area contributed by atoms with E-state index >= 15 is 0 Å². The van der Waals surface area contributed by atoms with Crippen LogP contribution in [0.25, 0.3) is 11.2 Å². The first-order valence-electron chi connectivity index (χ1n) is 5.63. The number of piperazine rings is 1. The molecular weight excluding hydrogens is 220 g/mol. The van der Waals surface area contributed by atoms with Gasteiger partial charge in [-0.25, -0.2) is 9.78 Å². The molecule has 1 fully saturated rings. The minimum Gasteiger partial charge on any atom is -0.352 e. The minimum absolute atomic E-state index is 0.343. The maximum absolute atomic E-state index is 11.5. The van der Waals surface area contributed by atoms with Gasteiger partial charge in [-0.1, -0.05) is 0 Å². The molecule has 0 aromatic carbocycles. The smallest absolute Gasteiger partial charge is 0.348 e. The van der Waals surface area contributed by atoms with Crippen LogP contribution in [0.3, 0.4) is 0 Å². The first-order chi connectivity index (χ1) is 8.25. The van der Waals surface area contributed by atoms with Crippen molar-refractivity contribution >= 4 is 17.0 Å². The van der Waals surface area contributed by atoms with Gasteiger partial charge < -0.3 is 14.8 Å². The summed E-state index contributed by atoms with van der Waals surface area (Å²) in [6.45, 7) is 3.54. The van der Waals surface area contributed by atoms with Crippen LogP contribution < -0.4 is 15.9 Å². The van der Waals surface area contributed by atoms with Crippen molar-refractivity contribution in [3.63, 3.8) is 0 Å². The van der Waals surface area contributed by atoms with E-state index in [1.54, 1.807) is 6.33 Å². The van der Waals surface area contributed by atoms with E-state index in [-0.39, 0.29) is 5.69 Å². The standard InChI is InChI=1S/C10H14N6O/c1-15-6-12-8-7(15)9(14-10(17)13-8)16-4-2-11-3-5-16/h6,11H,2-5H2,1H3,(H,13,14,17). The van der Waals surface area contributed by atoms with Crippen LogP contribution in [-0.2, 0) is 7.05 Å². The summed E-state index contributed by atoms with van der Waals surface area (Å²) in [5.74, 6) is 0.727. The minimum atomic E-state index is -0.343. The number of fused-ring (bicyclic) bond motifs is 1. The Morgan fingerprint density at radius 2 is 2.12 bits per heavy atom. The summed E-state index contributed by atoms with van der Waals surface area (Å²) < 4.78 is 1.88. The molecule has 3 rings (SSSR count). The molecule has 1 aliphatic rings. The van der Waals surface area contributed by atoms with Crippen LogP contribution in [0.2, 0.25) is 0 Å². The van der Waals surface area contributed by atoms with E-state index in [9.17, 15) is 4.79 Å². The number of nitrogens with one attached hydrogen (secondary N) is 2. The molecule has 1 aliphatic heterocycles. The first-order valence-corrected chi connectivity index (χ1v) is 5.63. The average Bonchev–Trinajstić information content (AvgIpc) is 2.71. The number of nitrogens with zero attached hydrogens (tertiary/aromatic N) is 4. The fraction of sp³-hybridized carbons (Fsp3) is 0.500. The topological polar surface area (TPSA) is 78.8 Å². The number of anilines is 1. The summed E-state index contributed by atoms with van der Waals surface area (Å²) in [6.07, 6.45) is 1.69. The molecule has 1 saturated heterocycles. The number of hydrogen-bond donors (Lipinski definition) is 2. The van der Waals surface area contributed by atoms with Crippen LogP contribution >= 0.6 is 0 Å². The summed E-state index contributed by atoms with van der Waals surface area (Å²) in [5.41, 5.74) is 1.14. The second kappa shape index (κ2) is 3.85. The maximum Gasteiger partial charge on any atom is 0.348 e. The van der Waals surface area contributed by atoms with E-state index in [1.165, 1.54) is 0 Å². The van der Waals surface area contributed by atoms with Gasteiger partial charge in [-0.3, -0.25) is 4.98 Å². The number of rotatable bonds is 1. The Bertz CT molecular complexity index is 594. The lowest BCUT2D eigenvalue weighted by Crippen LogP contribution is -2.44. The van der Waals surface area contributed by atoms with E-state index in [0.717, 1.165) is 37.5 Å². The van der Waals surface area contributed by atoms with Crippen LogP contribution in [0.4, 0.5) is 5.82 Å². The highest BCUT2D eigenvalue weighted by atomic mass is 16.1. The molecule has 0 atom stereocenters. The van der Waals surface area contributed by atoms with Crippen LogP contribution in [0.1, 0.15) is 0 Å².